The molecule has 0 radical (unpaired) electrons. The number of hydrogen-bond donors (Lipinski definition) is 2. The third-order valence-corrected chi connectivity index (χ3v) is 6.81. The number of aromatic nitrogens is 3. The van der Waals surface area contributed by atoms with E-state index in [-0.39, 0.29) is 12.3 Å². The van der Waals surface area contributed by atoms with Gasteiger partial charge in [0.15, 0.2) is 0 Å². The lowest BCUT2D eigenvalue weighted by Crippen LogP contribution is -2.45. The lowest BCUT2D eigenvalue weighted by atomic mass is 10.2. The van der Waals surface area contributed by atoms with E-state index in [9.17, 15) is 8.42 Å². The van der Waals surface area contributed by atoms with E-state index >= 15 is 0 Å². The summed E-state index contributed by atoms with van der Waals surface area (Å²) in [5, 5.41) is 4.19. The first-order valence-electron chi connectivity index (χ1n) is 10.4. The maximum Gasteiger partial charge on any atom is 0.234 e. The summed E-state index contributed by atoms with van der Waals surface area (Å²) in [6.45, 7) is 5.61. The van der Waals surface area contributed by atoms with Gasteiger partial charge in [0.05, 0.1) is 17.5 Å². The van der Waals surface area contributed by atoms with Gasteiger partial charge in [0.2, 0.25) is 16.0 Å². The Morgan fingerprint density at radius 1 is 1.09 bits per heavy atom. The summed E-state index contributed by atoms with van der Waals surface area (Å²) >= 11 is 6.09. The van der Waals surface area contributed by atoms with Crippen molar-refractivity contribution in [2.75, 3.05) is 60.5 Å². The first-order chi connectivity index (χ1) is 15.3. The molecule has 11 heteroatoms. The molecule has 1 aliphatic heterocycles. The molecular formula is C21H26ClN7O2S. The summed E-state index contributed by atoms with van der Waals surface area (Å²) in [5.74, 6) is 1.02. The fourth-order valence-electron chi connectivity index (χ4n) is 3.43. The van der Waals surface area contributed by atoms with Crippen LogP contribution in [0.4, 0.5) is 17.5 Å². The monoisotopic (exact) mass is 475 g/mol. The second kappa shape index (κ2) is 9.43. The number of anilines is 3. The Kier molecular flexibility index (Phi) is 6.63. The SMILES string of the molecule is Cc1ccc(NS(=O)(=O)CCNc2nc(N3CCN(C)CC3)nc3cnc(Cl)cc23)cc1. The molecule has 1 saturated heterocycles. The summed E-state index contributed by atoms with van der Waals surface area (Å²) in [5.41, 5.74) is 2.26. The number of halogens is 1. The minimum absolute atomic E-state index is 0.116. The maximum absolute atomic E-state index is 12.5. The lowest BCUT2D eigenvalue weighted by molar-refractivity contribution is 0.311. The van der Waals surface area contributed by atoms with E-state index in [1.165, 1.54) is 0 Å². The van der Waals surface area contributed by atoms with Gasteiger partial charge in [0.25, 0.3) is 0 Å². The first-order valence-corrected chi connectivity index (χ1v) is 12.4. The number of nitrogens with zero attached hydrogens (tertiary/aromatic N) is 5. The number of pyridine rings is 1. The van der Waals surface area contributed by atoms with Crippen molar-refractivity contribution in [1.82, 2.24) is 19.9 Å². The van der Waals surface area contributed by atoms with E-state index in [1.54, 1.807) is 24.4 Å². The number of fused-ring (bicyclic) bond motifs is 1. The minimum atomic E-state index is -3.53. The predicted molar refractivity (Wildman–Crippen MR) is 129 cm³/mol. The number of benzene rings is 1. The van der Waals surface area contributed by atoms with Crippen LogP contribution >= 0.6 is 11.6 Å². The highest BCUT2D eigenvalue weighted by Crippen LogP contribution is 2.25. The fourth-order valence-corrected chi connectivity index (χ4v) is 4.56. The number of nitrogens with one attached hydrogen (secondary N) is 2. The summed E-state index contributed by atoms with van der Waals surface area (Å²) in [6, 6.07) is 8.90. The Morgan fingerprint density at radius 3 is 2.53 bits per heavy atom. The van der Waals surface area contributed by atoms with Crippen LogP contribution in [0.2, 0.25) is 5.15 Å². The molecular weight excluding hydrogens is 450 g/mol. The summed E-state index contributed by atoms with van der Waals surface area (Å²) in [7, 11) is -1.44. The van der Waals surface area contributed by atoms with Crippen molar-refractivity contribution in [2.45, 2.75) is 6.92 Å². The molecule has 0 amide bonds. The van der Waals surface area contributed by atoms with Gasteiger partial charge in [0.1, 0.15) is 11.0 Å². The molecule has 9 nitrogen and oxygen atoms in total. The molecule has 2 aromatic heterocycles. The minimum Gasteiger partial charge on any atom is -0.368 e. The van der Waals surface area contributed by atoms with Crippen molar-refractivity contribution in [3.05, 3.63) is 47.2 Å². The Hall–Kier alpha value is -2.69. The van der Waals surface area contributed by atoms with Crippen LogP contribution in [0.5, 0.6) is 0 Å². The molecule has 0 atom stereocenters. The standard InChI is InChI=1S/C21H26ClN7O2S/c1-15-3-5-16(6-4-15)27-32(30,31)12-7-23-20-17-13-19(22)24-14-18(17)25-21(26-20)29-10-8-28(2)9-11-29/h3-6,13-14,27H,7-12H2,1-2H3,(H,23,25,26). The number of sulfonamides is 1. The number of aryl methyl sites for hydroxylation is 1. The van der Waals surface area contributed by atoms with Crippen LogP contribution < -0.4 is 14.9 Å². The van der Waals surface area contributed by atoms with Crippen LogP contribution in [0, 0.1) is 6.92 Å². The van der Waals surface area contributed by atoms with Gasteiger partial charge in [-0.25, -0.2) is 18.4 Å². The number of piperazine rings is 1. The molecule has 0 unspecified atom stereocenters. The Balaban J connectivity index is 1.51. The quantitative estimate of drug-likeness (QED) is 0.502. The van der Waals surface area contributed by atoms with Crippen molar-refractivity contribution in [3.8, 4) is 0 Å². The van der Waals surface area contributed by atoms with Crippen molar-refractivity contribution in [1.29, 1.82) is 0 Å². The van der Waals surface area contributed by atoms with Crippen LogP contribution in [0.3, 0.4) is 0 Å². The Labute approximate surface area is 192 Å². The van der Waals surface area contributed by atoms with E-state index in [0.29, 0.717) is 33.5 Å². The molecule has 3 aromatic rings. The molecule has 170 valence electrons. The number of likely N-dealkylation sites (N-methyl/N-ethyl adjacent to an activating group) is 1. The number of rotatable bonds is 7. The zero-order valence-corrected chi connectivity index (χ0v) is 19.6. The lowest BCUT2D eigenvalue weighted by Gasteiger charge is -2.32. The van der Waals surface area contributed by atoms with Crippen LogP contribution in [-0.4, -0.2) is 73.8 Å². The summed E-state index contributed by atoms with van der Waals surface area (Å²) in [6.07, 6.45) is 1.61. The van der Waals surface area contributed by atoms with Gasteiger partial charge in [-0.3, -0.25) is 4.72 Å². The summed E-state index contributed by atoms with van der Waals surface area (Å²) < 4.78 is 27.6. The number of hydrogen-bond acceptors (Lipinski definition) is 8. The molecule has 1 aromatic carbocycles. The van der Waals surface area contributed by atoms with E-state index in [4.69, 9.17) is 11.6 Å². The largest absolute Gasteiger partial charge is 0.368 e. The van der Waals surface area contributed by atoms with Gasteiger partial charge in [0, 0.05) is 43.8 Å². The third kappa shape index (κ3) is 5.56. The highest BCUT2D eigenvalue weighted by Gasteiger charge is 2.19. The van der Waals surface area contributed by atoms with E-state index in [2.05, 4.69) is 41.8 Å². The van der Waals surface area contributed by atoms with Gasteiger partial charge < -0.3 is 15.1 Å². The van der Waals surface area contributed by atoms with Gasteiger partial charge in [-0.15, -0.1) is 0 Å². The van der Waals surface area contributed by atoms with Crippen molar-refractivity contribution in [2.24, 2.45) is 0 Å². The van der Waals surface area contributed by atoms with Crippen molar-refractivity contribution < 1.29 is 8.42 Å². The maximum atomic E-state index is 12.5. The second-order valence-electron chi connectivity index (χ2n) is 7.90. The van der Waals surface area contributed by atoms with Crippen LogP contribution in [0.1, 0.15) is 5.56 Å². The second-order valence-corrected chi connectivity index (χ2v) is 10.1. The first kappa shape index (κ1) is 22.5. The van der Waals surface area contributed by atoms with Gasteiger partial charge in [-0.05, 0) is 32.2 Å². The molecule has 3 heterocycles. The molecule has 0 bridgehead atoms. The topological polar surface area (TPSA) is 103 Å². The van der Waals surface area contributed by atoms with Crippen LogP contribution in [0.25, 0.3) is 10.9 Å². The van der Waals surface area contributed by atoms with Gasteiger partial charge in [-0.2, -0.15) is 4.98 Å². The zero-order chi connectivity index (χ0) is 22.7. The highest BCUT2D eigenvalue weighted by atomic mass is 35.5. The molecule has 0 spiro atoms. The van der Waals surface area contributed by atoms with Crippen molar-refractivity contribution >= 4 is 50.0 Å². The fraction of sp³-hybridized carbons (Fsp3) is 0.381. The summed E-state index contributed by atoms with van der Waals surface area (Å²) in [4.78, 5) is 17.8. The van der Waals surface area contributed by atoms with E-state index in [0.717, 1.165) is 31.7 Å². The average molecular weight is 476 g/mol. The Morgan fingerprint density at radius 2 is 1.81 bits per heavy atom. The van der Waals surface area contributed by atoms with Gasteiger partial charge >= 0.3 is 0 Å². The van der Waals surface area contributed by atoms with Gasteiger partial charge in [-0.1, -0.05) is 29.3 Å². The molecule has 1 aliphatic rings. The van der Waals surface area contributed by atoms with E-state index in [1.807, 2.05) is 19.1 Å². The highest BCUT2D eigenvalue weighted by molar-refractivity contribution is 7.92. The smallest absolute Gasteiger partial charge is 0.234 e. The predicted octanol–water partition coefficient (Wildman–Crippen LogP) is 2.59. The molecule has 0 aliphatic carbocycles. The molecule has 0 saturated carbocycles. The zero-order valence-electron chi connectivity index (χ0n) is 18.0. The normalized spacial score (nSPS) is 15.2. The third-order valence-electron chi connectivity index (χ3n) is 5.31. The average Bonchev–Trinajstić information content (AvgIpc) is 2.75. The Bertz CT molecular complexity index is 1200. The van der Waals surface area contributed by atoms with E-state index < -0.39 is 10.0 Å². The van der Waals surface area contributed by atoms with Crippen molar-refractivity contribution in [3.63, 3.8) is 0 Å². The molecule has 2 N–H and O–H groups in total. The van der Waals surface area contributed by atoms with Crippen LogP contribution in [-0.2, 0) is 10.0 Å². The molecule has 4 rings (SSSR count). The molecule has 1 fully saturated rings. The van der Waals surface area contributed by atoms with Crippen LogP contribution in [0.15, 0.2) is 36.5 Å². The molecule has 32 heavy (non-hydrogen) atoms.